The fourth-order valence-corrected chi connectivity index (χ4v) is 1.97. The highest BCUT2D eigenvalue weighted by molar-refractivity contribution is 5.42. The van der Waals surface area contributed by atoms with E-state index in [0.717, 1.165) is 38.0 Å². The molecule has 1 N–H and O–H groups in total. The number of hydrogen-bond acceptors (Lipinski definition) is 5. The molecule has 0 saturated heterocycles. The number of nitrogens with zero attached hydrogens (tertiary/aromatic N) is 2. The number of aromatic nitrogens is 1. The lowest BCUT2D eigenvalue weighted by Gasteiger charge is -2.18. The first-order valence-electron chi connectivity index (χ1n) is 6.58. The van der Waals surface area contributed by atoms with Gasteiger partial charge in [-0.05, 0) is 32.9 Å². The second-order valence-electron chi connectivity index (χ2n) is 4.52. The van der Waals surface area contributed by atoms with Crippen LogP contribution in [-0.4, -0.2) is 49.4 Å². The molecule has 0 unspecified atom stereocenters. The average Bonchev–Trinajstić information content (AvgIpc) is 2.43. The monoisotopic (exact) mass is 268 g/mol. The molecule has 5 nitrogen and oxygen atoms in total. The maximum Gasteiger partial charge on any atom is 0.183 e. The van der Waals surface area contributed by atoms with Crippen molar-refractivity contribution in [3.05, 3.63) is 18.0 Å². The lowest BCUT2D eigenvalue weighted by Crippen LogP contribution is -2.20. The summed E-state index contributed by atoms with van der Waals surface area (Å²) in [6, 6.07) is 1.80. The fourth-order valence-electron chi connectivity index (χ4n) is 1.97. The van der Waals surface area contributed by atoms with Gasteiger partial charge in [0.05, 0.1) is 14.2 Å². The van der Waals surface area contributed by atoms with Gasteiger partial charge in [-0.25, -0.2) is 0 Å². The van der Waals surface area contributed by atoms with E-state index >= 15 is 0 Å². The number of methoxy groups -OCH3 is 2. The van der Waals surface area contributed by atoms with Crippen LogP contribution in [0.25, 0.3) is 0 Å². The lowest BCUT2D eigenvalue weighted by atomic mass is 10.2. The van der Waals surface area contributed by atoms with Gasteiger partial charge in [0.2, 0.25) is 0 Å². The second kappa shape index (κ2) is 8.72. The van der Waals surface area contributed by atoms with Gasteiger partial charge in [-0.2, -0.15) is 0 Å². The highest BCUT2D eigenvalue weighted by Crippen LogP contribution is 2.29. The van der Waals surface area contributed by atoms with E-state index in [4.69, 9.17) is 14.6 Å². The summed E-state index contributed by atoms with van der Waals surface area (Å²) in [5.41, 5.74) is 0.881. The van der Waals surface area contributed by atoms with Crippen LogP contribution in [0.3, 0.4) is 0 Å². The first-order valence-corrected chi connectivity index (χ1v) is 6.58. The summed E-state index contributed by atoms with van der Waals surface area (Å²) in [5, 5.41) is 8.74. The largest absolute Gasteiger partial charge is 0.493 e. The van der Waals surface area contributed by atoms with Gasteiger partial charge in [0, 0.05) is 25.4 Å². The Labute approximate surface area is 115 Å². The molecule has 0 atom stereocenters. The van der Waals surface area contributed by atoms with Crippen molar-refractivity contribution < 1.29 is 14.6 Å². The zero-order valence-electron chi connectivity index (χ0n) is 12.1. The Morgan fingerprint density at radius 1 is 1.21 bits per heavy atom. The van der Waals surface area contributed by atoms with Crippen LogP contribution >= 0.6 is 0 Å². The molecule has 108 valence electrons. The van der Waals surface area contributed by atoms with Crippen LogP contribution in [0.1, 0.15) is 25.0 Å². The summed E-state index contributed by atoms with van der Waals surface area (Å²) >= 11 is 0. The van der Waals surface area contributed by atoms with Gasteiger partial charge in [-0.3, -0.25) is 4.98 Å². The van der Waals surface area contributed by atoms with Crippen molar-refractivity contribution >= 4 is 0 Å². The van der Waals surface area contributed by atoms with Crippen molar-refractivity contribution in [3.8, 4) is 11.5 Å². The quantitative estimate of drug-likeness (QED) is 0.691. The molecule has 1 aromatic rings. The SMILES string of the molecule is COc1ccnc(CN(C)CCCCCO)c1OC. The third-order valence-electron chi connectivity index (χ3n) is 2.98. The molecule has 1 rings (SSSR count). The van der Waals surface area contributed by atoms with E-state index in [1.54, 1.807) is 26.5 Å². The van der Waals surface area contributed by atoms with Crippen molar-refractivity contribution in [1.82, 2.24) is 9.88 Å². The number of ether oxygens (including phenoxy) is 2. The highest BCUT2D eigenvalue weighted by atomic mass is 16.5. The zero-order valence-corrected chi connectivity index (χ0v) is 12.1. The fraction of sp³-hybridized carbons (Fsp3) is 0.643. The summed E-state index contributed by atoms with van der Waals surface area (Å²) < 4.78 is 10.6. The number of aliphatic hydroxyl groups excluding tert-OH is 1. The third kappa shape index (κ3) is 5.04. The van der Waals surface area contributed by atoms with E-state index < -0.39 is 0 Å². The van der Waals surface area contributed by atoms with E-state index in [-0.39, 0.29) is 6.61 Å². The first kappa shape index (κ1) is 15.7. The normalized spacial score (nSPS) is 10.8. The minimum absolute atomic E-state index is 0.273. The van der Waals surface area contributed by atoms with Gasteiger partial charge in [-0.15, -0.1) is 0 Å². The van der Waals surface area contributed by atoms with Crippen LogP contribution in [0, 0.1) is 0 Å². The molecule has 0 fully saturated rings. The van der Waals surface area contributed by atoms with E-state index in [1.165, 1.54) is 0 Å². The number of hydrogen-bond donors (Lipinski definition) is 1. The highest BCUT2D eigenvalue weighted by Gasteiger charge is 2.12. The van der Waals surface area contributed by atoms with Crippen molar-refractivity contribution in [2.24, 2.45) is 0 Å². The Morgan fingerprint density at radius 2 is 2.00 bits per heavy atom. The third-order valence-corrected chi connectivity index (χ3v) is 2.98. The molecule has 0 amide bonds. The minimum Gasteiger partial charge on any atom is -0.493 e. The molecule has 0 aliphatic carbocycles. The smallest absolute Gasteiger partial charge is 0.183 e. The van der Waals surface area contributed by atoms with Gasteiger partial charge < -0.3 is 19.5 Å². The Balaban J connectivity index is 2.56. The van der Waals surface area contributed by atoms with Gasteiger partial charge in [0.25, 0.3) is 0 Å². The van der Waals surface area contributed by atoms with Gasteiger partial charge in [-0.1, -0.05) is 0 Å². The summed E-state index contributed by atoms with van der Waals surface area (Å²) in [4.78, 5) is 6.55. The predicted molar refractivity (Wildman–Crippen MR) is 74.6 cm³/mol. The Hall–Kier alpha value is -1.33. The molecule has 19 heavy (non-hydrogen) atoms. The molecular weight excluding hydrogens is 244 g/mol. The molecule has 0 aromatic carbocycles. The number of unbranched alkanes of at least 4 members (excludes halogenated alkanes) is 2. The van der Waals surface area contributed by atoms with Crippen LogP contribution in [0.15, 0.2) is 12.3 Å². The molecule has 0 saturated carbocycles. The Morgan fingerprint density at radius 3 is 2.63 bits per heavy atom. The van der Waals surface area contributed by atoms with Crippen LogP contribution in [-0.2, 0) is 6.54 Å². The molecule has 0 radical (unpaired) electrons. The maximum absolute atomic E-state index is 8.74. The van der Waals surface area contributed by atoms with E-state index in [2.05, 4.69) is 16.9 Å². The van der Waals surface area contributed by atoms with Crippen LogP contribution in [0.2, 0.25) is 0 Å². The predicted octanol–water partition coefficient (Wildman–Crippen LogP) is 1.69. The molecule has 1 heterocycles. The molecule has 0 bridgehead atoms. The van der Waals surface area contributed by atoms with E-state index in [0.29, 0.717) is 11.5 Å². The molecule has 5 heteroatoms. The maximum atomic E-state index is 8.74. The van der Waals surface area contributed by atoms with E-state index in [9.17, 15) is 0 Å². The number of rotatable bonds is 9. The van der Waals surface area contributed by atoms with Crippen molar-refractivity contribution in [2.45, 2.75) is 25.8 Å². The molecule has 0 aliphatic rings. The summed E-state index contributed by atoms with van der Waals surface area (Å²) in [7, 11) is 5.31. The van der Waals surface area contributed by atoms with Crippen LogP contribution in [0.5, 0.6) is 11.5 Å². The molecule has 1 aromatic heterocycles. The number of aliphatic hydroxyl groups is 1. The van der Waals surface area contributed by atoms with Crippen molar-refractivity contribution in [2.75, 3.05) is 34.4 Å². The summed E-state index contributed by atoms with van der Waals surface area (Å²) in [6.45, 7) is 1.97. The first-order chi connectivity index (χ1) is 9.22. The topological polar surface area (TPSA) is 54.8 Å². The number of pyridine rings is 1. The zero-order chi connectivity index (χ0) is 14.1. The summed E-state index contributed by atoms with van der Waals surface area (Å²) in [6.07, 6.45) is 4.72. The van der Waals surface area contributed by atoms with Crippen molar-refractivity contribution in [3.63, 3.8) is 0 Å². The molecule has 0 aliphatic heterocycles. The van der Waals surface area contributed by atoms with Gasteiger partial charge >= 0.3 is 0 Å². The van der Waals surface area contributed by atoms with Gasteiger partial charge in [0.15, 0.2) is 11.5 Å². The van der Waals surface area contributed by atoms with Crippen molar-refractivity contribution in [1.29, 1.82) is 0 Å². The van der Waals surface area contributed by atoms with Gasteiger partial charge in [0.1, 0.15) is 5.69 Å². The van der Waals surface area contributed by atoms with Crippen LogP contribution in [0.4, 0.5) is 0 Å². The minimum atomic E-state index is 0.273. The second-order valence-corrected chi connectivity index (χ2v) is 4.52. The Bertz CT molecular complexity index is 372. The average molecular weight is 268 g/mol. The van der Waals surface area contributed by atoms with E-state index in [1.807, 2.05) is 0 Å². The summed E-state index contributed by atoms with van der Waals surface area (Å²) in [5.74, 6) is 1.41. The van der Waals surface area contributed by atoms with Crippen LogP contribution < -0.4 is 9.47 Å². The standard InChI is InChI=1S/C14H24N2O3/c1-16(9-5-4-6-10-17)11-12-14(19-3)13(18-2)7-8-15-12/h7-8,17H,4-6,9-11H2,1-3H3. The lowest BCUT2D eigenvalue weighted by molar-refractivity contribution is 0.268. The molecular formula is C14H24N2O3. The molecule has 0 spiro atoms. The Kier molecular flexibility index (Phi) is 7.22.